The Balaban J connectivity index is 2.60. The SMILES string of the molecule is NCCN(CCN)Cc1ccc(OC(F)(F)F)cc1. The van der Waals surface area contributed by atoms with Crippen LogP contribution >= 0.6 is 0 Å². The summed E-state index contributed by atoms with van der Waals surface area (Å²) >= 11 is 0. The molecule has 4 N–H and O–H groups in total. The Morgan fingerprint density at radius 2 is 1.53 bits per heavy atom. The fourth-order valence-electron chi connectivity index (χ4n) is 1.69. The van der Waals surface area contributed by atoms with E-state index >= 15 is 0 Å². The number of halogens is 3. The van der Waals surface area contributed by atoms with Crippen molar-refractivity contribution in [1.82, 2.24) is 4.90 Å². The van der Waals surface area contributed by atoms with E-state index in [1.165, 1.54) is 12.1 Å². The molecule has 0 saturated carbocycles. The van der Waals surface area contributed by atoms with Crippen LogP contribution in [-0.4, -0.2) is 37.4 Å². The molecule has 1 aromatic rings. The molecule has 0 atom stereocenters. The van der Waals surface area contributed by atoms with E-state index < -0.39 is 6.36 Å². The van der Waals surface area contributed by atoms with Crippen molar-refractivity contribution in [3.63, 3.8) is 0 Å². The topological polar surface area (TPSA) is 64.5 Å². The van der Waals surface area contributed by atoms with Crippen LogP contribution in [0.3, 0.4) is 0 Å². The number of nitrogens with two attached hydrogens (primary N) is 2. The predicted molar refractivity (Wildman–Crippen MR) is 66.5 cm³/mol. The van der Waals surface area contributed by atoms with Gasteiger partial charge in [0.15, 0.2) is 0 Å². The van der Waals surface area contributed by atoms with E-state index in [0.717, 1.165) is 5.56 Å². The highest BCUT2D eigenvalue weighted by atomic mass is 19.4. The van der Waals surface area contributed by atoms with Crippen LogP contribution in [0.15, 0.2) is 24.3 Å². The maximum absolute atomic E-state index is 12.0. The first-order valence-corrected chi connectivity index (χ1v) is 5.92. The van der Waals surface area contributed by atoms with Crippen LogP contribution in [-0.2, 0) is 6.54 Å². The second kappa shape index (κ2) is 7.32. The lowest BCUT2D eigenvalue weighted by Gasteiger charge is -2.20. The molecule has 0 aliphatic carbocycles. The molecule has 0 heterocycles. The van der Waals surface area contributed by atoms with Crippen molar-refractivity contribution in [2.24, 2.45) is 11.5 Å². The monoisotopic (exact) mass is 277 g/mol. The van der Waals surface area contributed by atoms with Gasteiger partial charge < -0.3 is 16.2 Å². The second-order valence-corrected chi connectivity index (χ2v) is 4.05. The molecule has 0 bridgehead atoms. The van der Waals surface area contributed by atoms with Crippen molar-refractivity contribution in [2.75, 3.05) is 26.2 Å². The van der Waals surface area contributed by atoms with E-state index in [1.807, 2.05) is 4.90 Å². The Bertz CT molecular complexity index is 361. The van der Waals surface area contributed by atoms with Crippen LogP contribution in [0.5, 0.6) is 5.75 Å². The van der Waals surface area contributed by atoms with Crippen LogP contribution in [0.2, 0.25) is 0 Å². The summed E-state index contributed by atoms with van der Waals surface area (Å²) in [4.78, 5) is 2.04. The van der Waals surface area contributed by atoms with Gasteiger partial charge in [-0.25, -0.2) is 0 Å². The quantitative estimate of drug-likeness (QED) is 0.788. The Morgan fingerprint density at radius 1 is 1.00 bits per heavy atom. The molecule has 0 aromatic heterocycles. The average Bonchev–Trinajstić information content (AvgIpc) is 2.30. The number of rotatable bonds is 7. The smallest absolute Gasteiger partial charge is 0.406 e. The van der Waals surface area contributed by atoms with E-state index in [4.69, 9.17) is 11.5 Å². The number of alkyl halides is 3. The van der Waals surface area contributed by atoms with Gasteiger partial charge in [0.1, 0.15) is 5.75 Å². The molecule has 0 radical (unpaired) electrons. The third-order valence-corrected chi connectivity index (χ3v) is 2.45. The number of benzene rings is 1. The normalized spacial score (nSPS) is 11.9. The summed E-state index contributed by atoms with van der Waals surface area (Å²) in [5, 5.41) is 0. The highest BCUT2D eigenvalue weighted by Gasteiger charge is 2.30. The minimum absolute atomic E-state index is 0.222. The van der Waals surface area contributed by atoms with Crippen molar-refractivity contribution in [3.8, 4) is 5.75 Å². The summed E-state index contributed by atoms with van der Waals surface area (Å²) in [6.45, 7) is 3.00. The molecule has 108 valence electrons. The van der Waals surface area contributed by atoms with E-state index in [-0.39, 0.29) is 5.75 Å². The molecule has 1 rings (SSSR count). The molecule has 7 heteroatoms. The van der Waals surface area contributed by atoms with Gasteiger partial charge in [-0.3, -0.25) is 4.90 Å². The lowest BCUT2D eigenvalue weighted by atomic mass is 10.2. The van der Waals surface area contributed by atoms with E-state index in [2.05, 4.69) is 4.74 Å². The van der Waals surface area contributed by atoms with Gasteiger partial charge in [-0.1, -0.05) is 12.1 Å². The van der Waals surface area contributed by atoms with E-state index in [0.29, 0.717) is 32.7 Å². The minimum Gasteiger partial charge on any atom is -0.406 e. The molecule has 0 amide bonds. The molecule has 0 unspecified atom stereocenters. The fraction of sp³-hybridized carbons (Fsp3) is 0.500. The molecule has 0 aliphatic rings. The Morgan fingerprint density at radius 3 is 1.95 bits per heavy atom. The van der Waals surface area contributed by atoms with Crippen molar-refractivity contribution in [1.29, 1.82) is 0 Å². The standard InChI is InChI=1S/C12H18F3N3O/c13-12(14,15)19-11-3-1-10(2-4-11)9-18(7-5-16)8-6-17/h1-4H,5-9,16-17H2. The van der Waals surface area contributed by atoms with Crippen molar-refractivity contribution in [3.05, 3.63) is 29.8 Å². The van der Waals surface area contributed by atoms with Gasteiger partial charge in [0.05, 0.1) is 0 Å². The minimum atomic E-state index is -4.66. The van der Waals surface area contributed by atoms with Crippen LogP contribution in [0.1, 0.15) is 5.56 Å². The van der Waals surface area contributed by atoms with Crippen molar-refractivity contribution >= 4 is 0 Å². The largest absolute Gasteiger partial charge is 0.573 e. The summed E-state index contributed by atoms with van der Waals surface area (Å²) in [5.74, 6) is -0.222. The number of nitrogens with zero attached hydrogens (tertiary/aromatic N) is 1. The number of hydrogen-bond donors (Lipinski definition) is 2. The van der Waals surface area contributed by atoms with Gasteiger partial charge in [-0.05, 0) is 17.7 Å². The van der Waals surface area contributed by atoms with E-state index in [9.17, 15) is 13.2 Å². The van der Waals surface area contributed by atoms with Gasteiger partial charge in [0.2, 0.25) is 0 Å². The molecule has 1 aromatic carbocycles. The Kier molecular flexibility index (Phi) is 6.07. The third-order valence-electron chi connectivity index (χ3n) is 2.45. The van der Waals surface area contributed by atoms with Gasteiger partial charge in [0, 0.05) is 32.7 Å². The molecular formula is C12H18F3N3O. The molecule has 4 nitrogen and oxygen atoms in total. The fourth-order valence-corrected chi connectivity index (χ4v) is 1.69. The number of hydrogen-bond acceptors (Lipinski definition) is 4. The lowest BCUT2D eigenvalue weighted by molar-refractivity contribution is -0.274. The zero-order chi connectivity index (χ0) is 14.3. The number of ether oxygens (including phenoxy) is 1. The second-order valence-electron chi connectivity index (χ2n) is 4.05. The summed E-state index contributed by atoms with van der Waals surface area (Å²) in [7, 11) is 0. The molecular weight excluding hydrogens is 259 g/mol. The highest BCUT2D eigenvalue weighted by molar-refractivity contribution is 5.27. The third kappa shape index (κ3) is 6.42. The Labute approximate surface area is 110 Å². The molecule has 0 aliphatic heterocycles. The molecule has 0 fully saturated rings. The highest BCUT2D eigenvalue weighted by Crippen LogP contribution is 2.22. The maximum atomic E-state index is 12.0. The van der Waals surface area contributed by atoms with Crippen LogP contribution in [0, 0.1) is 0 Å². The van der Waals surface area contributed by atoms with Gasteiger partial charge in [-0.15, -0.1) is 13.2 Å². The van der Waals surface area contributed by atoms with Crippen molar-refractivity contribution in [2.45, 2.75) is 12.9 Å². The van der Waals surface area contributed by atoms with Crippen LogP contribution in [0.25, 0.3) is 0 Å². The average molecular weight is 277 g/mol. The zero-order valence-electron chi connectivity index (χ0n) is 10.5. The Hall–Kier alpha value is -1.31. The van der Waals surface area contributed by atoms with Crippen molar-refractivity contribution < 1.29 is 17.9 Å². The first-order valence-electron chi connectivity index (χ1n) is 5.92. The van der Waals surface area contributed by atoms with Gasteiger partial charge in [-0.2, -0.15) is 0 Å². The molecule has 0 saturated heterocycles. The summed E-state index contributed by atoms with van der Waals surface area (Å²) < 4.78 is 39.8. The summed E-state index contributed by atoms with van der Waals surface area (Å²) in [6.07, 6.45) is -4.66. The van der Waals surface area contributed by atoms with E-state index in [1.54, 1.807) is 12.1 Å². The van der Waals surface area contributed by atoms with Crippen LogP contribution in [0.4, 0.5) is 13.2 Å². The summed E-state index contributed by atoms with van der Waals surface area (Å²) in [6, 6.07) is 5.79. The summed E-state index contributed by atoms with van der Waals surface area (Å²) in [5.41, 5.74) is 11.8. The van der Waals surface area contributed by atoms with Crippen LogP contribution < -0.4 is 16.2 Å². The van der Waals surface area contributed by atoms with Gasteiger partial charge >= 0.3 is 6.36 Å². The molecule has 19 heavy (non-hydrogen) atoms. The maximum Gasteiger partial charge on any atom is 0.573 e. The first-order chi connectivity index (χ1) is 8.94. The van der Waals surface area contributed by atoms with Gasteiger partial charge in [0.25, 0.3) is 0 Å². The first kappa shape index (κ1) is 15.7. The predicted octanol–water partition coefficient (Wildman–Crippen LogP) is 1.30. The zero-order valence-corrected chi connectivity index (χ0v) is 10.5. The molecule has 0 spiro atoms. The lowest BCUT2D eigenvalue weighted by Crippen LogP contribution is -2.33.